The van der Waals surface area contributed by atoms with Crippen molar-refractivity contribution >= 4 is 29.3 Å². The number of nitrogens with zero attached hydrogens (tertiary/aromatic N) is 4. The second-order valence-electron chi connectivity index (χ2n) is 7.38. The first-order valence-electron chi connectivity index (χ1n) is 9.10. The summed E-state index contributed by atoms with van der Waals surface area (Å²) >= 11 is 0. The molecular formula is C19H22BN5O3. The molecule has 0 saturated carbocycles. The number of aryl methyl sites for hydroxylation is 1. The van der Waals surface area contributed by atoms with E-state index in [0.717, 1.165) is 27.8 Å². The maximum absolute atomic E-state index is 6.01. The van der Waals surface area contributed by atoms with Crippen LogP contribution in [0.3, 0.4) is 0 Å². The summed E-state index contributed by atoms with van der Waals surface area (Å²) in [6.07, 6.45) is 1.51. The first-order valence-corrected chi connectivity index (χ1v) is 9.10. The molecule has 1 N–H and O–H groups in total. The fourth-order valence-corrected chi connectivity index (χ4v) is 3.08. The Morgan fingerprint density at radius 3 is 2.75 bits per heavy atom. The van der Waals surface area contributed by atoms with E-state index in [1.165, 1.54) is 6.33 Å². The number of ether oxygens (including phenoxy) is 1. The Labute approximate surface area is 163 Å². The lowest BCUT2D eigenvalue weighted by Gasteiger charge is -2.16. The molecule has 0 bridgehead atoms. The van der Waals surface area contributed by atoms with Crippen molar-refractivity contribution in [3.05, 3.63) is 42.0 Å². The molecule has 3 aromatic rings. The van der Waals surface area contributed by atoms with Crippen molar-refractivity contribution in [1.29, 1.82) is 0 Å². The molecule has 1 aliphatic heterocycles. The van der Waals surface area contributed by atoms with Gasteiger partial charge in [-0.3, -0.25) is 0 Å². The molecule has 3 heterocycles. The van der Waals surface area contributed by atoms with Crippen molar-refractivity contribution < 1.29 is 14.0 Å². The predicted octanol–water partition coefficient (Wildman–Crippen LogP) is 1.87. The number of anilines is 1. The van der Waals surface area contributed by atoms with Gasteiger partial charge in [0.15, 0.2) is 0 Å². The van der Waals surface area contributed by atoms with Gasteiger partial charge in [-0.15, -0.1) is 0 Å². The number of rotatable bonds is 5. The Hall–Kier alpha value is -2.78. The third-order valence-corrected chi connectivity index (χ3v) is 4.52. The van der Waals surface area contributed by atoms with E-state index in [-0.39, 0.29) is 5.60 Å². The lowest BCUT2D eigenvalue weighted by Crippen LogP contribution is -2.34. The van der Waals surface area contributed by atoms with E-state index in [2.05, 4.69) is 25.5 Å². The molecule has 2 aromatic heterocycles. The summed E-state index contributed by atoms with van der Waals surface area (Å²) in [5.41, 5.74) is 2.96. The monoisotopic (exact) mass is 379 g/mol. The maximum atomic E-state index is 6.01. The molecule has 144 valence electrons. The van der Waals surface area contributed by atoms with E-state index < -0.39 is 7.12 Å². The second-order valence-corrected chi connectivity index (χ2v) is 7.38. The van der Waals surface area contributed by atoms with Gasteiger partial charge in [0.05, 0.1) is 37.3 Å². The smallest absolute Gasteiger partial charge is 0.494 e. The van der Waals surface area contributed by atoms with Crippen LogP contribution in [-0.2, 0) is 15.9 Å². The van der Waals surface area contributed by atoms with Crippen LogP contribution >= 0.6 is 0 Å². The van der Waals surface area contributed by atoms with Gasteiger partial charge >= 0.3 is 7.12 Å². The fraction of sp³-hybridized carbons (Fsp3) is 0.368. The zero-order valence-corrected chi connectivity index (χ0v) is 16.4. The van der Waals surface area contributed by atoms with Gasteiger partial charge in [-0.2, -0.15) is 10.2 Å². The molecule has 1 fully saturated rings. The van der Waals surface area contributed by atoms with Gasteiger partial charge < -0.3 is 19.4 Å². The van der Waals surface area contributed by atoms with Crippen molar-refractivity contribution in [1.82, 2.24) is 20.2 Å². The molecule has 1 aliphatic rings. The Balaban J connectivity index is 1.68. The molecule has 0 radical (unpaired) electrons. The molecule has 0 unspecified atom stereocenters. The van der Waals surface area contributed by atoms with Crippen molar-refractivity contribution in [2.45, 2.75) is 32.9 Å². The summed E-state index contributed by atoms with van der Waals surface area (Å²) in [7, 11) is 1.17. The lowest BCUT2D eigenvalue weighted by atomic mass is 9.78. The number of hydrogen-bond acceptors (Lipinski definition) is 8. The average molecular weight is 379 g/mol. The Morgan fingerprint density at radius 1 is 1.21 bits per heavy atom. The number of hydrogen-bond donors (Lipinski definition) is 1. The summed E-state index contributed by atoms with van der Waals surface area (Å²) < 4.78 is 17.4. The summed E-state index contributed by atoms with van der Waals surface area (Å²) in [5.74, 6) is 1.33. The average Bonchev–Trinajstić information content (AvgIpc) is 3.06. The fourth-order valence-electron chi connectivity index (χ4n) is 3.08. The molecule has 1 aromatic carbocycles. The van der Waals surface area contributed by atoms with E-state index in [1.54, 1.807) is 7.11 Å². The highest BCUT2D eigenvalue weighted by atomic mass is 16.7. The van der Waals surface area contributed by atoms with Gasteiger partial charge in [0.1, 0.15) is 23.4 Å². The largest absolute Gasteiger partial charge is 0.494 e. The lowest BCUT2D eigenvalue weighted by molar-refractivity contribution is 0.137. The predicted molar refractivity (Wildman–Crippen MR) is 107 cm³/mol. The van der Waals surface area contributed by atoms with Crippen molar-refractivity contribution in [3.63, 3.8) is 0 Å². The van der Waals surface area contributed by atoms with Crippen LogP contribution < -0.4 is 15.5 Å². The first-order chi connectivity index (χ1) is 13.4. The topological polar surface area (TPSA) is 91.3 Å². The minimum atomic E-state index is -0.454. The zero-order chi connectivity index (χ0) is 19.7. The van der Waals surface area contributed by atoms with Crippen LogP contribution in [0.1, 0.15) is 25.2 Å². The highest BCUT2D eigenvalue weighted by Gasteiger charge is 2.38. The Morgan fingerprint density at radius 2 is 2.07 bits per heavy atom. The van der Waals surface area contributed by atoms with Gasteiger partial charge in [0.25, 0.3) is 0 Å². The van der Waals surface area contributed by atoms with Gasteiger partial charge in [-0.25, -0.2) is 9.97 Å². The number of fused-ring (bicyclic) bond motifs is 1. The number of methoxy groups -OCH3 is 1. The van der Waals surface area contributed by atoms with Gasteiger partial charge in [-0.05, 0) is 50.5 Å². The Kier molecular flexibility index (Phi) is 4.86. The van der Waals surface area contributed by atoms with E-state index in [0.29, 0.717) is 24.7 Å². The Bertz CT molecular complexity index is 997. The molecule has 0 aliphatic carbocycles. The second kappa shape index (κ2) is 7.33. The van der Waals surface area contributed by atoms with Gasteiger partial charge in [0, 0.05) is 5.39 Å². The molecule has 0 atom stereocenters. The SMILES string of the molecule is COc1cc(B2OCC(C)(C)O2)cc2c(NCc3ccc(C)nn3)ncnc12. The van der Waals surface area contributed by atoms with Gasteiger partial charge in [-0.1, -0.05) is 0 Å². The summed E-state index contributed by atoms with van der Waals surface area (Å²) in [6.45, 7) is 6.94. The normalized spacial score (nSPS) is 15.8. The molecule has 9 heteroatoms. The van der Waals surface area contributed by atoms with Crippen LogP contribution in [0.2, 0.25) is 0 Å². The summed E-state index contributed by atoms with van der Waals surface area (Å²) in [6, 6.07) is 7.75. The minimum absolute atomic E-state index is 0.328. The standard InChI is InChI=1S/C19H22BN5O3/c1-12-5-6-14(25-24-12)9-21-18-15-7-13(20-27-10-19(2,3)28-20)8-16(26-4)17(15)22-11-23-18/h5-8,11H,9-10H2,1-4H3,(H,21,22,23). The number of nitrogens with one attached hydrogen (secondary N) is 1. The van der Waals surface area contributed by atoms with E-state index in [1.807, 2.05) is 45.0 Å². The van der Waals surface area contributed by atoms with Crippen molar-refractivity contribution in [2.24, 2.45) is 0 Å². The van der Waals surface area contributed by atoms with Crippen LogP contribution in [0.4, 0.5) is 5.82 Å². The third-order valence-electron chi connectivity index (χ3n) is 4.52. The molecule has 0 spiro atoms. The molecule has 4 rings (SSSR count). The van der Waals surface area contributed by atoms with E-state index in [4.69, 9.17) is 14.0 Å². The van der Waals surface area contributed by atoms with E-state index >= 15 is 0 Å². The number of aromatic nitrogens is 4. The summed E-state index contributed by atoms with van der Waals surface area (Å²) in [5, 5.41) is 12.4. The highest BCUT2D eigenvalue weighted by Crippen LogP contribution is 2.28. The number of benzene rings is 1. The van der Waals surface area contributed by atoms with Crippen LogP contribution in [0, 0.1) is 6.92 Å². The van der Waals surface area contributed by atoms with Crippen LogP contribution in [-0.4, -0.2) is 46.6 Å². The molecule has 28 heavy (non-hydrogen) atoms. The molecule has 1 saturated heterocycles. The zero-order valence-electron chi connectivity index (χ0n) is 16.4. The third kappa shape index (κ3) is 3.76. The van der Waals surface area contributed by atoms with E-state index in [9.17, 15) is 0 Å². The summed E-state index contributed by atoms with van der Waals surface area (Å²) in [4.78, 5) is 8.79. The van der Waals surface area contributed by atoms with Crippen LogP contribution in [0.25, 0.3) is 10.9 Å². The minimum Gasteiger partial charge on any atom is -0.494 e. The molecule has 8 nitrogen and oxygen atoms in total. The highest BCUT2D eigenvalue weighted by molar-refractivity contribution is 6.62. The van der Waals surface area contributed by atoms with Gasteiger partial charge in [0.2, 0.25) is 0 Å². The van der Waals surface area contributed by atoms with Crippen molar-refractivity contribution in [3.8, 4) is 5.75 Å². The molecular weight excluding hydrogens is 357 g/mol. The molecule has 0 amide bonds. The quantitative estimate of drug-likeness (QED) is 0.672. The first kappa shape index (κ1) is 18.6. The van der Waals surface area contributed by atoms with Crippen molar-refractivity contribution in [2.75, 3.05) is 19.0 Å². The van der Waals surface area contributed by atoms with Crippen LogP contribution in [0.5, 0.6) is 5.75 Å². The maximum Gasteiger partial charge on any atom is 0.494 e. The van der Waals surface area contributed by atoms with Crippen LogP contribution in [0.15, 0.2) is 30.6 Å².